The number of nitrogens with one attached hydrogen (secondary N) is 1. The Hall–Kier alpha value is -1.83. The quantitative estimate of drug-likeness (QED) is 0.512. The van der Waals surface area contributed by atoms with Crippen molar-refractivity contribution in [2.45, 2.75) is 19.4 Å². The van der Waals surface area contributed by atoms with Crippen LogP contribution < -0.4 is 5.32 Å². The second-order valence-electron chi connectivity index (χ2n) is 3.56. The molecule has 0 bridgehead atoms. The summed E-state index contributed by atoms with van der Waals surface area (Å²) in [4.78, 5) is 33.9. The van der Waals surface area contributed by atoms with Crippen LogP contribution in [-0.2, 0) is 14.3 Å². The van der Waals surface area contributed by atoms with E-state index in [0.29, 0.717) is 19.8 Å². The van der Waals surface area contributed by atoms with E-state index in [-0.39, 0.29) is 0 Å². The van der Waals surface area contributed by atoms with Crippen molar-refractivity contribution in [2.75, 3.05) is 26.8 Å². The van der Waals surface area contributed by atoms with Crippen LogP contribution in [0, 0.1) is 0 Å². The highest BCUT2D eigenvalue weighted by atomic mass is 16.5. The summed E-state index contributed by atoms with van der Waals surface area (Å²) in [5.41, 5.74) is 0. The van der Waals surface area contributed by atoms with Gasteiger partial charge in [-0.25, -0.2) is 9.59 Å². The summed E-state index contributed by atoms with van der Waals surface area (Å²) in [7, 11) is 1.47. The molecule has 8 heteroatoms. The highest BCUT2D eigenvalue weighted by molar-refractivity contribution is 5.86. The van der Waals surface area contributed by atoms with Crippen LogP contribution in [-0.4, -0.2) is 65.9 Å². The van der Waals surface area contributed by atoms with Gasteiger partial charge in [0.1, 0.15) is 6.04 Å². The van der Waals surface area contributed by atoms with Crippen LogP contribution >= 0.6 is 0 Å². The summed E-state index contributed by atoms with van der Waals surface area (Å²) in [6.07, 6.45) is -0.666. The largest absolute Gasteiger partial charge is 0.481 e. The molecule has 0 aromatic carbocycles. The summed E-state index contributed by atoms with van der Waals surface area (Å²) in [5, 5.41) is 19.4. The normalized spacial score (nSPS) is 11.7. The zero-order valence-electron chi connectivity index (χ0n) is 10.4. The van der Waals surface area contributed by atoms with Gasteiger partial charge in [-0.2, -0.15) is 0 Å². The Kier molecular flexibility index (Phi) is 7.45. The Morgan fingerprint density at radius 3 is 2.39 bits per heavy atom. The number of carbonyl (C=O) groups is 3. The fourth-order valence-electron chi connectivity index (χ4n) is 1.08. The summed E-state index contributed by atoms with van der Waals surface area (Å²) in [6, 6.07) is -2.09. The number of urea groups is 1. The van der Waals surface area contributed by atoms with Crippen molar-refractivity contribution in [3.05, 3.63) is 0 Å². The first-order chi connectivity index (χ1) is 8.38. The number of hydrogen-bond donors (Lipinski definition) is 3. The number of likely N-dealkylation sites (N-methyl/N-ethyl adjacent to an activating group) is 1. The second-order valence-corrected chi connectivity index (χ2v) is 3.56. The topological polar surface area (TPSA) is 116 Å². The fraction of sp³-hybridized carbons (Fsp3) is 0.700. The number of hydrogen-bond acceptors (Lipinski definition) is 4. The van der Waals surface area contributed by atoms with E-state index in [2.05, 4.69) is 5.32 Å². The van der Waals surface area contributed by atoms with E-state index >= 15 is 0 Å². The minimum absolute atomic E-state index is 0.291. The highest BCUT2D eigenvalue weighted by Gasteiger charge is 2.24. The number of carbonyl (C=O) groups excluding carboxylic acids is 1. The molecular weight excluding hydrogens is 244 g/mol. The number of amides is 2. The molecule has 0 aromatic rings. The van der Waals surface area contributed by atoms with E-state index in [4.69, 9.17) is 14.9 Å². The third-order valence-corrected chi connectivity index (χ3v) is 2.10. The third kappa shape index (κ3) is 6.69. The molecular formula is C10H18N2O6. The number of rotatable bonds is 8. The second kappa shape index (κ2) is 8.29. The van der Waals surface area contributed by atoms with E-state index in [1.165, 1.54) is 11.9 Å². The van der Waals surface area contributed by atoms with Crippen molar-refractivity contribution in [3.8, 4) is 0 Å². The SMILES string of the molecule is CCOCCN(C)C(=O)NC(CC(=O)O)C(=O)O. The molecule has 0 fully saturated rings. The maximum absolute atomic E-state index is 11.5. The number of carboxylic acid groups (broad SMARTS) is 2. The summed E-state index contributed by atoms with van der Waals surface area (Å²) < 4.78 is 5.04. The van der Waals surface area contributed by atoms with Crippen molar-refractivity contribution in [1.82, 2.24) is 10.2 Å². The Morgan fingerprint density at radius 2 is 1.94 bits per heavy atom. The molecule has 0 aliphatic heterocycles. The van der Waals surface area contributed by atoms with Crippen molar-refractivity contribution in [3.63, 3.8) is 0 Å². The first-order valence-corrected chi connectivity index (χ1v) is 5.42. The zero-order valence-corrected chi connectivity index (χ0v) is 10.4. The van der Waals surface area contributed by atoms with Crippen LogP contribution in [0.2, 0.25) is 0 Å². The summed E-state index contributed by atoms with van der Waals surface area (Å²) in [6.45, 7) is 2.95. The molecule has 0 rings (SSSR count). The number of carboxylic acids is 2. The lowest BCUT2D eigenvalue weighted by Gasteiger charge is -2.20. The third-order valence-electron chi connectivity index (χ3n) is 2.10. The van der Waals surface area contributed by atoms with Gasteiger partial charge in [0.2, 0.25) is 0 Å². The molecule has 0 radical (unpaired) electrons. The van der Waals surface area contributed by atoms with Crippen LogP contribution in [0.15, 0.2) is 0 Å². The van der Waals surface area contributed by atoms with E-state index < -0.39 is 30.4 Å². The molecule has 8 nitrogen and oxygen atoms in total. The smallest absolute Gasteiger partial charge is 0.326 e. The van der Waals surface area contributed by atoms with Gasteiger partial charge < -0.3 is 25.2 Å². The van der Waals surface area contributed by atoms with E-state index in [1.807, 2.05) is 6.92 Å². The average Bonchev–Trinajstić information content (AvgIpc) is 2.27. The molecule has 2 amide bonds. The molecule has 0 aliphatic rings. The van der Waals surface area contributed by atoms with E-state index in [0.717, 1.165) is 0 Å². The molecule has 0 spiro atoms. The van der Waals surface area contributed by atoms with Gasteiger partial charge in [-0.3, -0.25) is 4.79 Å². The zero-order chi connectivity index (χ0) is 14.1. The summed E-state index contributed by atoms with van der Waals surface area (Å²) >= 11 is 0. The first-order valence-electron chi connectivity index (χ1n) is 5.42. The molecule has 0 heterocycles. The molecule has 0 aromatic heterocycles. The average molecular weight is 262 g/mol. The van der Waals surface area contributed by atoms with Gasteiger partial charge in [0.15, 0.2) is 0 Å². The lowest BCUT2D eigenvalue weighted by atomic mass is 10.2. The predicted molar refractivity (Wildman–Crippen MR) is 61.3 cm³/mol. The van der Waals surface area contributed by atoms with E-state index in [9.17, 15) is 14.4 Å². The standard InChI is InChI=1S/C10H18N2O6/c1-3-18-5-4-12(2)10(17)11-7(9(15)16)6-8(13)14/h7H,3-6H2,1-2H3,(H,11,17)(H,13,14)(H,15,16). The Morgan fingerprint density at radius 1 is 1.33 bits per heavy atom. The van der Waals surface area contributed by atoms with Crippen LogP contribution in [0.5, 0.6) is 0 Å². The minimum atomic E-state index is -1.44. The van der Waals surface area contributed by atoms with Gasteiger partial charge in [0, 0.05) is 20.2 Å². The molecule has 1 unspecified atom stereocenters. The molecule has 1 atom stereocenters. The molecule has 104 valence electrons. The van der Waals surface area contributed by atoms with Gasteiger partial charge in [0.05, 0.1) is 13.0 Å². The lowest BCUT2D eigenvalue weighted by Crippen LogP contribution is -2.48. The van der Waals surface area contributed by atoms with Crippen LogP contribution in [0.25, 0.3) is 0 Å². The van der Waals surface area contributed by atoms with Crippen molar-refractivity contribution in [2.24, 2.45) is 0 Å². The van der Waals surface area contributed by atoms with E-state index in [1.54, 1.807) is 0 Å². The van der Waals surface area contributed by atoms with Crippen molar-refractivity contribution >= 4 is 18.0 Å². The van der Waals surface area contributed by atoms with Crippen LogP contribution in [0.1, 0.15) is 13.3 Å². The van der Waals surface area contributed by atoms with Crippen molar-refractivity contribution in [1.29, 1.82) is 0 Å². The van der Waals surface area contributed by atoms with Gasteiger partial charge >= 0.3 is 18.0 Å². The number of nitrogens with zero attached hydrogens (tertiary/aromatic N) is 1. The Balaban J connectivity index is 4.23. The number of ether oxygens (including phenoxy) is 1. The maximum atomic E-state index is 11.5. The van der Waals surface area contributed by atoms with Gasteiger partial charge in [0.25, 0.3) is 0 Å². The summed E-state index contributed by atoms with van der Waals surface area (Å²) in [5.74, 6) is -2.68. The van der Waals surface area contributed by atoms with Gasteiger partial charge in [-0.1, -0.05) is 0 Å². The molecule has 3 N–H and O–H groups in total. The Bertz CT molecular complexity index is 307. The van der Waals surface area contributed by atoms with Crippen molar-refractivity contribution < 1.29 is 29.3 Å². The fourth-order valence-corrected chi connectivity index (χ4v) is 1.08. The van der Waals surface area contributed by atoms with Gasteiger partial charge in [-0.15, -0.1) is 0 Å². The molecule has 0 aliphatic carbocycles. The van der Waals surface area contributed by atoms with Crippen LogP contribution in [0.4, 0.5) is 4.79 Å². The van der Waals surface area contributed by atoms with Gasteiger partial charge in [-0.05, 0) is 6.92 Å². The predicted octanol–water partition coefficient (Wildman–Crippen LogP) is -0.408. The maximum Gasteiger partial charge on any atom is 0.326 e. The number of aliphatic carboxylic acids is 2. The first kappa shape index (κ1) is 16.2. The van der Waals surface area contributed by atoms with Crippen LogP contribution in [0.3, 0.4) is 0 Å². The highest BCUT2D eigenvalue weighted by Crippen LogP contribution is 1.95. The minimum Gasteiger partial charge on any atom is -0.481 e. The molecule has 18 heavy (non-hydrogen) atoms. The molecule has 0 saturated carbocycles. The Labute approximate surface area is 105 Å². The lowest BCUT2D eigenvalue weighted by molar-refractivity contribution is -0.145. The monoisotopic (exact) mass is 262 g/mol. The molecule has 0 saturated heterocycles.